The SMILES string of the molecule is NC1C(=O)Nc2c(F)ccc(F)c21. The van der Waals surface area contributed by atoms with Crippen molar-refractivity contribution in [3.8, 4) is 0 Å². The lowest BCUT2D eigenvalue weighted by Crippen LogP contribution is -2.20. The van der Waals surface area contributed by atoms with Gasteiger partial charge in [0.15, 0.2) is 0 Å². The molecule has 3 nitrogen and oxygen atoms in total. The third-order valence-corrected chi connectivity index (χ3v) is 1.98. The first-order valence-corrected chi connectivity index (χ1v) is 3.65. The summed E-state index contributed by atoms with van der Waals surface area (Å²) >= 11 is 0. The summed E-state index contributed by atoms with van der Waals surface area (Å²) < 4.78 is 26.0. The van der Waals surface area contributed by atoms with Crippen LogP contribution in [-0.2, 0) is 4.79 Å². The lowest BCUT2D eigenvalue weighted by atomic mass is 10.1. The second kappa shape index (κ2) is 2.50. The lowest BCUT2D eigenvalue weighted by Gasteiger charge is -2.02. The molecule has 2 rings (SSSR count). The topological polar surface area (TPSA) is 55.1 Å². The van der Waals surface area contributed by atoms with E-state index in [4.69, 9.17) is 5.73 Å². The van der Waals surface area contributed by atoms with E-state index in [0.717, 1.165) is 12.1 Å². The first-order valence-electron chi connectivity index (χ1n) is 3.65. The molecule has 1 amide bonds. The number of amides is 1. The molecule has 1 atom stereocenters. The summed E-state index contributed by atoms with van der Waals surface area (Å²) in [5, 5.41) is 2.18. The van der Waals surface area contributed by atoms with Crippen LogP contribution in [-0.4, -0.2) is 5.91 Å². The summed E-state index contributed by atoms with van der Waals surface area (Å²) in [5.41, 5.74) is 5.11. The molecule has 0 bridgehead atoms. The fraction of sp³-hybridized carbons (Fsp3) is 0.125. The van der Waals surface area contributed by atoms with Gasteiger partial charge in [-0.3, -0.25) is 4.79 Å². The van der Waals surface area contributed by atoms with Gasteiger partial charge in [-0.15, -0.1) is 0 Å². The molecule has 1 heterocycles. The number of benzene rings is 1. The van der Waals surface area contributed by atoms with E-state index in [0.29, 0.717) is 0 Å². The van der Waals surface area contributed by atoms with Crippen LogP contribution in [0.3, 0.4) is 0 Å². The minimum Gasteiger partial charge on any atom is -0.322 e. The van der Waals surface area contributed by atoms with Gasteiger partial charge in [0.05, 0.1) is 5.69 Å². The molecule has 1 aliphatic rings. The van der Waals surface area contributed by atoms with Crippen LogP contribution in [0.2, 0.25) is 0 Å². The molecule has 1 aliphatic heterocycles. The third-order valence-electron chi connectivity index (χ3n) is 1.98. The highest BCUT2D eigenvalue weighted by molar-refractivity contribution is 6.02. The van der Waals surface area contributed by atoms with Crippen LogP contribution in [0.25, 0.3) is 0 Å². The second-order valence-electron chi connectivity index (χ2n) is 2.78. The van der Waals surface area contributed by atoms with Crippen LogP contribution >= 0.6 is 0 Å². The van der Waals surface area contributed by atoms with Crippen molar-refractivity contribution < 1.29 is 13.6 Å². The van der Waals surface area contributed by atoms with Crippen LogP contribution in [0.5, 0.6) is 0 Å². The van der Waals surface area contributed by atoms with E-state index < -0.39 is 23.6 Å². The predicted octanol–water partition coefficient (Wildman–Crippen LogP) is 0.917. The Kier molecular flexibility index (Phi) is 1.56. The molecular formula is C8H6F2N2O. The number of carbonyl (C=O) groups is 1. The van der Waals surface area contributed by atoms with Gasteiger partial charge in [0.25, 0.3) is 0 Å². The summed E-state index contributed by atoms with van der Waals surface area (Å²) in [7, 11) is 0. The van der Waals surface area contributed by atoms with Crippen molar-refractivity contribution in [2.45, 2.75) is 6.04 Å². The molecule has 1 unspecified atom stereocenters. The smallest absolute Gasteiger partial charge is 0.246 e. The van der Waals surface area contributed by atoms with E-state index in [2.05, 4.69) is 5.32 Å². The molecule has 0 spiro atoms. The number of rotatable bonds is 0. The molecule has 0 fully saturated rings. The molecule has 5 heteroatoms. The lowest BCUT2D eigenvalue weighted by molar-refractivity contribution is -0.116. The van der Waals surface area contributed by atoms with Crippen molar-refractivity contribution in [1.29, 1.82) is 0 Å². The Balaban J connectivity index is 2.68. The van der Waals surface area contributed by atoms with Crippen LogP contribution < -0.4 is 11.1 Å². The highest BCUT2D eigenvalue weighted by atomic mass is 19.1. The van der Waals surface area contributed by atoms with Gasteiger partial charge >= 0.3 is 0 Å². The van der Waals surface area contributed by atoms with Gasteiger partial charge in [0.1, 0.15) is 17.7 Å². The number of hydrogen-bond acceptors (Lipinski definition) is 2. The van der Waals surface area contributed by atoms with E-state index in [1.54, 1.807) is 0 Å². The predicted molar refractivity (Wildman–Crippen MR) is 41.9 cm³/mol. The van der Waals surface area contributed by atoms with E-state index in [1.807, 2.05) is 0 Å². The number of anilines is 1. The van der Waals surface area contributed by atoms with Gasteiger partial charge in [-0.1, -0.05) is 0 Å². The van der Waals surface area contributed by atoms with Crippen molar-refractivity contribution in [1.82, 2.24) is 0 Å². The highest BCUT2D eigenvalue weighted by Crippen LogP contribution is 2.33. The van der Waals surface area contributed by atoms with Crippen LogP contribution in [0.4, 0.5) is 14.5 Å². The van der Waals surface area contributed by atoms with E-state index in [1.165, 1.54) is 0 Å². The van der Waals surface area contributed by atoms with Gasteiger partial charge in [-0.05, 0) is 12.1 Å². The largest absolute Gasteiger partial charge is 0.322 e. The Morgan fingerprint density at radius 2 is 1.92 bits per heavy atom. The normalized spacial score (nSPS) is 19.9. The zero-order valence-corrected chi connectivity index (χ0v) is 6.47. The van der Waals surface area contributed by atoms with Gasteiger partial charge in [0, 0.05) is 5.56 Å². The molecule has 13 heavy (non-hydrogen) atoms. The number of nitrogens with one attached hydrogen (secondary N) is 1. The summed E-state index contributed by atoms with van der Waals surface area (Å²) in [6.07, 6.45) is 0. The highest BCUT2D eigenvalue weighted by Gasteiger charge is 2.32. The number of halogens is 2. The Labute approximate surface area is 72.5 Å². The average Bonchev–Trinajstić information content (AvgIpc) is 2.38. The number of nitrogens with two attached hydrogens (primary N) is 1. The zero-order chi connectivity index (χ0) is 9.59. The maximum atomic E-state index is 13.1. The van der Waals surface area contributed by atoms with Crippen LogP contribution in [0.1, 0.15) is 11.6 Å². The average molecular weight is 184 g/mol. The maximum Gasteiger partial charge on any atom is 0.246 e. The number of carbonyl (C=O) groups excluding carboxylic acids is 1. The molecular weight excluding hydrogens is 178 g/mol. The fourth-order valence-corrected chi connectivity index (χ4v) is 1.33. The second-order valence-corrected chi connectivity index (χ2v) is 2.78. The first kappa shape index (κ1) is 8.12. The monoisotopic (exact) mass is 184 g/mol. The zero-order valence-electron chi connectivity index (χ0n) is 6.47. The number of hydrogen-bond donors (Lipinski definition) is 2. The molecule has 68 valence electrons. The minimum absolute atomic E-state index is 0.0926. The minimum atomic E-state index is -1.11. The molecule has 0 radical (unpaired) electrons. The summed E-state index contributed by atoms with van der Waals surface area (Å²) in [5.74, 6) is -1.92. The molecule has 0 saturated carbocycles. The molecule has 1 aromatic carbocycles. The molecule has 0 aromatic heterocycles. The van der Waals surface area contributed by atoms with Crippen molar-refractivity contribution in [2.75, 3.05) is 5.32 Å². The van der Waals surface area contributed by atoms with Crippen LogP contribution in [0, 0.1) is 11.6 Å². The van der Waals surface area contributed by atoms with Crippen molar-refractivity contribution in [3.05, 3.63) is 29.3 Å². The van der Waals surface area contributed by atoms with E-state index >= 15 is 0 Å². The van der Waals surface area contributed by atoms with Gasteiger partial charge < -0.3 is 11.1 Å². The van der Waals surface area contributed by atoms with Crippen molar-refractivity contribution in [2.24, 2.45) is 5.73 Å². The van der Waals surface area contributed by atoms with Crippen molar-refractivity contribution >= 4 is 11.6 Å². The van der Waals surface area contributed by atoms with E-state index in [-0.39, 0.29) is 11.3 Å². The Bertz CT molecular complexity index is 392. The summed E-state index contributed by atoms with van der Waals surface area (Å²) in [6.45, 7) is 0. The molecule has 0 aliphatic carbocycles. The van der Waals surface area contributed by atoms with Gasteiger partial charge in [-0.25, -0.2) is 8.78 Å². The Morgan fingerprint density at radius 3 is 2.54 bits per heavy atom. The Hall–Kier alpha value is -1.49. The summed E-state index contributed by atoms with van der Waals surface area (Å²) in [4.78, 5) is 11.0. The summed E-state index contributed by atoms with van der Waals surface area (Å²) in [6, 6.07) is 0.798. The first-order chi connectivity index (χ1) is 6.11. The third kappa shape index (κ3) is 1.01. The molecule has 3 N–H and O–H groups in total. The standard InChI is InChI=1S/C8H6F2N2O/c9-3-1-2-4(10)7-5(3)6(11)8(13)12-7/h1-2,6H,11H2,(H,12,13). The molecule has 1 aromatic rings. The number of fused-ring (bicyclic) bond motifs is 1. The molecule has 0 saturated heterocycles. The fourth-order valence-electron chi connectivity index (χ4n) is 1.33. The van der Waals surface area contributed by atoms with Gasteiger partial charge in [0.2, 0.25) is 5.91 Å². The van der Waals surface area contributed by atoms with Crippen LogP contribution in [0.15, 0.2) is 12.1 Å². The van der Waals surface area contributed by atoms with E-state index in [9.17, 15) is 13.6 Å². The van der Waals surface area contributed by atoms with Crippen molar-refractivity contribution in [3.63, 3.8) is 0 Å². The Morgan fingerprint density at radius 1 is 1.31 bits per heavy atom. The van der Waals surface area contributed by atoms with Gasteiger partial charge in [-0.2, -0.15) is 0 Å². The quantitative estimate of drug-likeness (QED) is 0.629. The maximum absolute atomic E-state index is 13.1.